The first kappa shape index (κ1) is 18.1. The van der Waals surface area contributed by atoms with Crippen LogP contribution in [0.2, 0.25) is 0 Å². The first-order valence-electron chi connectivity index (χ1n) is 9.01. The lowest BCUT2D eigenvalue weighted by molar-refractivity contribution is -0.0104. The predicted octanol–water partition coefficient (Wildman–Crippen LogP) is 3.54. The van der Waals surface area contributed by atoms with Crippen LogP contribution in [0.15, 0.2) is 66.9 Å². The molecule has 1 aromatic heterocycles. The number of methoxy groups -OCH3 is 1. The maximum atomic E-state index is 10.8. The van der Waals surface area contributed by atoms with Gasteiger partial charge in [0.05, 0.1) is 12.8 Å². The highest BCUT2D eigenvalue weighted by molar-refractivity contribution is 5.43. The van der Waals surface area contributed by atoms with Crippen molar-refractivity contribution in [3.63, 3.8) is 0 Å². The van der Waals surface area contributed by atoms with Crippen LogP contribution >= 0.6 is 0 Å². The SMILES string of the molecule is COc1ccc(OC2COc3ccc(OCc4ccccn4)cc3C2O)cc1. The zero-order chi connectivity index (χ0) is 19.3. The standard InChI is InChI=1S/C22H21NO5/c1-25-16-5-7-17(8-6-16)28-21-14-27-20-10-9-18(12-19(20)22(21)24)26-13-15-4-2-3-11-23-15/h2-12,21-22,24H,13-14H2,1H3. The van der Waals surface area contributed by atoms with Gasteiger partial charge in [-0.25, -0.2) is 0 Å². The molecule has 0 spiro atoms. The molecule has 0 saturated carbocycles. The maximum absolute atomic E-state index is 10.8. The number of pyridine rings is 1. The van der Waals surface area contributed by atoms with Gasteiger partial charge in [-0.15, -0.1) is 0 Å². The van der Waals surface area contributed by atoms with Gasteiger partial charge in [-0.1, -0.05) is 6.07 Å². The zero-order valence-corrected chi connectivity index (χ0v) is 15.4. The molecule has 0 saturated heterocycles. The Morgan fingerprint density at radius 1 is 1.04 bits per heavy atom. The molecular formula is C22H21NO5. The Balaban J connectivity index is 1.45. The van der Waals surface area contributed by atoms with E-state index in [1.807, 2.05) is 36.4 Å². The van der Waals surface area contributed by atoms with Crippen molar-refractivity contribution in [2.45, 2.75) is 18.8 Å². The van der Waals surface area contributed by atoms with Gasteiger partial charge < -0.3 is 24.1 Å². The van der Waals surface area contributed by atoms with E-state index in [1.54, 1.807) is 37.6 Å². The highest BCUT2D eigenvalue weighted by Gasteiger charge is 2.31. The Morgan fingerprint density at radius 2 is 1.82 bits per heavy atom. The summed E-state index contributed by atoms with van der Waals surface area (Å²) in [5, 5.41) is 10.8. The van der Waals surface area contributed by atoms with Crippen LogP contribution in [0.3, 0.4) is 0 Å². The average molecular weight is 379 g/mol. The molecule has 6 heteroatoms. The van der Waals surface area contributed by atoms with E-state index in [0.29, 0.717) is 29.4 Å². The number of aromatic nitrogens is 1. The number of ether oxygens (including phenoxy) is 4. The topological polar surface area (TPSA) is 70.0 Å². The molecule has 0 radical (unpaired) electrons. The molecule has 4 rings (SSSR count). The number of aliphatic hydroxyl groups excluding tert-OH is 1. The van der Waals surface area contributed by atoms with E-state index in [9.17, 15) is 5.11 Å². The van der Waals surface area contributed by atoms with E-state index in [-0.39, 0.29) is 6.61 Å². The van der Waals surface area contributed by atoms with Gasteiger partial charge in [0.25, 0.3) is 0 Å². The number of hydrogen-bond donors (Lipinski definition) is 1. The second-order valence-electron chi connectivity index (χ2n) is 6.40. The summed E-state index contributed by atoms with van der Waals surface area (Å²) >= 11 is 0. The van der Waals surface area contributed by atoms with E-state index in [1.165, 1.54) is 0 Å². The third-order valence-corrected chi connectivity index (χ3v) is 4.51. The van der Waals surface area contributed by atoms with Crippen molar-refractivity contribution in [1.82, 2.24) is 4.98 Å². The second kappa shape index (κ2) is 8.19. The Bertz CT molecular complexity index is 914. The Kier molecular flexibility index (Phi) is 5.30. The lowest BCUT2D eigenvalue weighted by atomic mass is 10.0. The third-order valence-electron chi connectivity index (χ3n) is 4.51. The van der Waals surface area contributed by atoms with Crippen LogP contribution in [0, 0.1) is 0 Å². The molecule has 0 amide bonds. The summed E-state index contributed by atoms with van der Waals surface area (Å²) in [7, 11) is 1.61. The number of hydrogen-bond acceptors (Lipinski definition) is 6. The number of fused-ring (bicyclic) bond motifs is 1. The molecular weight excluding hydrogens is 358 g/mol. The van der Waals surface area contributed by atoms with Crippen molar-refractivity contribution in [3.05, 3.63) is 78.1 Å². The summed E-state index contributed by atoms with van der Waals surface area (Å²) in [6.45, 7) is 0.608. The van der Waals surface area contributed by atoms with E-state index in [2.05, 4.69) is 4.98 Å². The first-order chi connectivity index (χ1) is 13.7. The molecule has 1 N–H and O–H groups in total. The van der Waals surface area contributed by atoms with Crippen molar-refractivity contribution in [2.24, 2.45) is 0 Å². The quantitative estimate of drug-likeness (QED) is 0.706. The number of nitrogens with zero attached hydrogens (tertiary/aromatic N) is 1. The summed E-state index contributed by atoms with van der Waals surface area (Å²) in [4.78, 5) is 4.24. The number of benzene rings is 2. The van der Waals surface area contributed by atoms with E-state index in [0.717, 1.165) is 11.4 Å². The van der Waals surface area contributed by atoms with Crippen LogP contribution in [0.25, 0.3) is 0 Å². The lowest BCUT2D eigenvalue weighted by Gasteiger charge is -2.31. The molecule has 2 aromatic carbocycles. The molecule has 2 atom stereocenters. The van der Waals surface area contributed by atoms with Crippen LogP contribution in [-0.2, 0) is 6.61 Å². The summed E-state index contributed by atoms with van der Waals surface area (Å²) in [6, 6.07) is 18.3. The highest BCUT2D eigenvalue weighted by atomic mass is 16.5. The molecule has 2 heterocycles. The summed E-state index contributed by atoms with van der Waals surface area (Å²) < 4.78 is 22.6. The Labute approximate surface area is 163 Å². The molecule has 1 aliphatic heterocycles. The smallest absolute Gasteiger partial charge is 0.163 e. The molecule has 144 valence electrons. The van der Waals surface area contributed by atoms with Crippen molar-refractivity contribution in [3.8, 4) is 23.0 Å². The van der Waals surface area contributed by atoms with Crippen LogP contribution in [0.4, 0.5) is 0 Å². The van der Waals surface area contributed by atoms with Gasteiger partial charge in [0.1, 0.15) is 42.3 Å². The minimum absolute atomic E-state index is 0.258. The molecule has 2 unspecified atom stereocenters. The first-order valence-corrected chi connectivity index (χ1v) is 9.01. The van der Waals surface area contributed by atoms with Crippen molar-refractivity contribution < 1.29 is 24.1 Å². The average Bonchev–Trinajstić information content (AvgIpc) is 2.75. The van der Waals surface area contributed by atoms with Gasteiger partial charge in [-0.3, -0.25) is 4.98 Å². The molecule has 3 aromatic rings. The van der Waals surface area contributed by atoms with Crippen molar-refractivity contribution in [2.75, 3.05) is 13.7 Å². The highest BCUT2D eigenvalue weighted by Crippen LogP contribution is 2.36. The van der Waals surface area contributed by atoms with Crippen LogP contribution in [0.1, 0.15) is 17.4 Å². The van der Waals surface area contributed by atoms with Gasteiger partial charge >= 0.3 is 0 Å². The summed E-state index contributed by atoms with van der Waals surface area (Å²) in [5.41, 5.74) is 1.47. The van der Waals surface area contributed by atoms with Crippen molar-refractivity contribution in [1.29, 1.82) is 0 Å². The lowest BCUT2D eigenvalue weighted by Crippen LogP contribution is -2.35. The van der Waals surface area contributed by atoms with E-state index >= 15 is 0 Å². The fourth-order valence-electron chi connectivity index (χ4n) is 3.01. The normalized spacial score (nSPS) is 17.9. The van der Waals surface area contributed by atoms with Gasteiger partial charge in [0.2, 0.25) is 0 Å². The largest absolute Gasteiger partial charge is 0.497 e. The van der Waals surface area contributed by atoms with Crippen LogP contribution in [0.5, 0.6) is 23.0 Å². The molecule has 6 nitrogen and oxygen atoms in total. The van der Waals surface area contributed by atoms with Crippen LogP contribution < -0.4 is 18.9 Å². The number of aliphatic hydroxyl groups is 1. The van der Waals surface area contributed by atoms with E-state index in [4.69, 9.17) is 18.9 Å². The zero-order valence-electron chi connectivity index (χ0n) is 15.4. The molecule has 1 aliphatic rings. The maximum Gasteiger partial charge on any atom is 0.163 e. The minimum Gasteiger partial charge on any atom is -0.497 e. The minimum atomic E-state index is -0.829. The third kappa shape index (κ3) is 4.02. The molecule has 0 fully saturated rings. The van der Waals surface area contributed by atoms with Gasteiger partial charge in [0, 0.05) is 11.8 Å². The van der Waals surface area contributed by atoms with Gasteiger partial charge in [0.15, 0.2) is 6.10 Å². The molecule has 28 heavy (non-hydrogen) atoms. The van der Waals surface area contributed by atoms with Gasteiger partial charge in [-0.05, 0) is 54.6 Å². The van der Waals surface area contributed by atoms with Crippen LogP contribution in [-0.4, -0.2) is 29.9 Å². The summed E-state index contributed by atoms with van der Waals surface area (Å²) in [6.07, 6.45) is 0.376. The Morgan fingerprint density at radius 3 is 2.57 bits per heavy atom. The fourth-order valence-corrected chi connectivity index (χ4v) is 3.01. The molecule has 0 aliphatic carbocycles. The Hall–Kier alpha value is -3.25. The molecule has 0 bridgehead atoms. The second-order valence-corrected chi connectivity index (χ2v) is 6.40. The number of rotatable bonds is 6. The fraction of sp³-hybridized carbons (Fsp3) is 0.227. The summed E-state index contributed by atoms with van der Waals surface area (Å²) in [5.74, 6) is 2.65. The van der Waals surface area contributed by atoms with Crippen molar-refractivity contribution >= 4 is 0 Å². The monoisotopic (exact) mass is 379 g/mol. The predicted molar refractivity (Wildman–Crippen MR) is 103 cm³/mol. The van der Waals surface area contributed by atoms with E-state index < -0.39 is 12.2 Å². The van der Waals surface area contributed by atoms with Gasteiger partial charge in [-0.2, -0.15) is 0 Å².